The average molecular weight is 316 g/mol. The molecule has 0 aliphatic rings. The molecule has 2 aromatic carbocycles. The Kier molecular flexibility index (Phi) is 5.10. The van der Waals surface area contributed by atoms with Gasteiger partial charge in [-0.15, -0.1) is 0 Å². The maximum atomic E-state index is 14.4. The van der Waals surface area contributed by atoms with Crippen LogP contribution in [0.3, 0.4) is 0 Å². The zero-order valence-corrected chi connectivity index (χ0v) is 14.5. The van der Waals surface area contributed by atoms with Gasteiger partial charge in [-0.3, -0.25) is 0 Å². The molecule has 0 aliphatic heterocycles. The summed E-state index contributed by atoms with van der Waals surface area (Å²) in [4.78, 5) is 0. The molecule has 2 rings (SSSR count). The van der Waals surface area contributed by atoms with Gasteiger partial charge in [0.15, 0.2) is 0 Å². The Morgan fingerprint density at radius 3 is 2.35 bits per heavy atom. The van der Waals surface area contributed by atoms with E-state index in [4.69, 9.17) is 4.74 Å². The van der Waals surface area contributed by atoms with E-state index in [1.807, 2.05) is 18.2 Å². The number of aliphatic hydroxyl groups excluding tert-OH is 1. The molecule has 0 saturated heterocycles. The van der Waals surface area contributed by atoms with Crippen molar-refractivity contribution in [2.24, 2.45) is 5.41 Å². The quantitative estimate of drug-likeness (QED) is 0.846. The molecule has 0 aliphatic carbocycles. The number of methoxy groups -OCH3 is 1. The van der Waals surface area contributed by atoms with Gasteiger partial charge in [0.1, 0.15) is 11.6 Å². The van der Waals surface area contributed by atoms with E-state index >= 15 is 0 Å². The SMILES string of the molecule is COc1ccc(F)c(-c2ccc(CO)cc2[C@H](C)C(C)(C)C)c1. The zero-order chi connectivity index (χ0) is 17.2. The van der Waals surface area contributed by atoms with Gasteiger partial charge >= 0.3 is 0 Å². The first-order chi connectivity index (χ1) is 10.8. The molecular formula is C20H25FO2. The topological polar surface area (TPSA) is 29.5 Å². The minimum absolute atomic E-state index is 0.0231. The van der Waals surface area contributed by atoms with Crippen LogP contribution < -0.4 is 4.74 Å². The monoisotopic (exact) mass is 316 g/mol. The first-order valence-corrected chi connectivity index (χ1v) is 7.85. The Bertz CT molecular complexity index is 687. The molecule has 0 amide bonds. The van der Waals surface area contributed by atoms with Crippen molar-refractivity contribution in [3.63, 3.8) is 0 Å². The Labute approximate surface area is 137 Å². The molecule has 2 aromatic rings. The van der Waals surface area contributed by atoms with Gasteiger partial charge in [0.25, 0.3) is 0 Å². The summed E-state index contributed by atoms with van der Waals surface area (Å²) < 4.78 is 19.6. The highest BCUT2D eigenvalue weighted by Crippen LogP contribution is 2.41. The van der Waals surface area contributed by atoms with Crippen molar-refractivity contribution in [3.8, 4) is 16.9 Å². The van der Waals surface area contributed by atoms with Crippen molar-refractivity contribution >= 4 is 0 Å². The van der Waals surface area contributed by atoms with Gasteiger partial charge in [-0.1, -0.05) is 45.9 Å². The Hall–Kier alpha value is -1.87. The molecule has 124 valence electrons. The van der Waals surface area contributed by atoms with Gasteiger partial charge in [0, 0.05) is 5.56 Å². The summed E-state index contributed by atoms with van der Waals surface area (Å²) in [6.45, 7) is 8.60. The van der Waals surface area contributed by atoms with Crippen molar-refractivity contribution in [1.82, 2.24) is 0 Å². The number of halogens is 1. The van der Waals surface area contributed by atoms with Crippen LogP contribution in [0.15, 0.2) is 36.4 Å². The van der Waals surface area contributed by atoms with E-state index in [9.17, 15) is 9.50 Å². The third kappa shape index (κ3) is 3.73. The molecule has 1 N–H and O–H groups in total. The molecule has 1 atom stereocenters. The van der Waals surface area contributed by atoms with E-state index in [0.29, 0.717) is 11.3 Å². The molecule has 3 heteroatoms. The first kappa shape index (κ1) is 17.5. The lowest BCUT2D eigenvalue weighted by atomic mass is 9.75. The third-order valence-corrected chi connectivity index (χ3v) is 4.53. The van der Waals surface area contributed by atoms with Crippen LogP contribution in [0.4, 0.5) is 4.39 Å². The molecule has 0 saturated carbocycles. The standard InChI is InChI=1S/C20H25FO2/c1-13(20(2,3)4)17-10-14(12-22)6-8-16(17)18-11-15(23-5)7-9-19(18)21/h6-11,13,22H,12H2,1-5H3/t13-/m0/s1. The summed E-state index contributed by atoms with van der Waals surface area (Å²) in [6, 6.07) is 10.5. The number of hydrogen-bond donors (Lipinski definition) is 1. The summed E-state index contributed by atoms with van der Waals surface area (Å²) in [7, 11) is 1.57. The molecule has 0 aromatic heterocycles. The normalized spacial score (nSPS) is 13.0. The summed E-state index contributed by atoms with van der Waals surface area (Å²) >= 11 is 0. The number of benzene rings is 2. The van der Waals surface area contributed by atoms with Crippen LogP contribution in [0.1, 0.15) is 44.7 Å². The van der Waals surface area contributed by atoms with Gasteiger partial charge < -0.3 is 9.84 Å². The third-order valence-electron chi connectivity index (χ3n) is 4.53. The molecule has 23 heavy (non-hydrogen) atoms. The van der Waals surface area contributed by atoms with Gasteiger partial charge in [0.05, 0.1) is 13.7 Å². The van der Waals surface area contributed by atoms with Crippen molar-refractivity contribution in [3.05, 3.63) is 53.3 Å². The minimum atomic E-state index is -0.273. The average Bonchev–Trinajstić information content (AvgIpc) is 2.53. The molecule has 0 bridgehead atoms. The van der Waals surface area contributed by atoms with Crippen molar-refractivity contribution < 1.29 is 14.2 Å². The second-order valence-electron chi connectivity index (χ2n) is 7.01. The number of ether oxygens (including phenoxy) is 1. The maximum absolute atomic E-state index is 14.4. The number of rotatable bonds is 4. The van der Waals surface area contributed by atoms with Crippen LogP contribution in [0.5, 0.6) is 5.75 Å². The van der Waals surface area contributed by atoms with Gasteiger partial charge in [-0.2, -0.15) is 0 Å². The predicted octanol–water partition coefficient (Wildman–Crippen LogP) is 5.14. The molecular weight excluding hydrogens is 291 g/mol. The fourth-order valence-corrected chi connectivity index (χ4v) is 2.62. The lowest BCUT2D eigenvalue weighted by Crippen LogP contribution is -2.16. The Morgan fingerprint density at radius 2 is 1.78 bits per heavy atom. The van der Waals surface area contributed by atoms with Gasteiger partial charge in [-0.25, -0.2) is 4.39 Å². The molecule has 2 nitrogen and oxygen atoms in total. The highest BCUT2D eigenvalue weighted by Gasteiger charge is 2.25. The summed E-state index contributed by atoms with van der Waals surface area (Å²) in [5.41, 5.74) is 3.28. The van der Waals surface area contributed by atoms with E-state index in [-0.39, 0.29) is 23.8 Å². The molecule has 0 radical (unpaired) electrons. The Morgan fingerprint density at radius 1 is 1.09 bits per heavy atom. The molecule has 0 fully saturated rings. The van der Waals surface area contributed by atoms with Crippen LogP contribution in [-0.4, -0.2) is 12.2 Å². The fraction of sp³-hybridized carbons (Fsp3) is 0.400. The molecule has 0 unspecified atom stereocenters. The summed E-state index contributed by atoms with van der Waals surface area (Å²) in [6.07, 6.45) is 0. The zero-order valence-electron chi connectivity index (χ0n) is 14.5. The molecule has 0 heterocycles. The second kappa shape index (κ2) is 6.71. The largest absolute Gasteiger partial charge is 0.497 e. The van der Waals surface area contributed by atoms with Crippen molar-refractivity contribution in [2.75, 3.05) is 7.11 Å². The van der Waals surface area contributed by atoms with Gasteiger partial charge in [-0.05, 0) is 46.2 Å². The van der Waals surface area contributed by atoms with E-state index < -0.39 is 0 Å². The minimum Gasteiger partial charge on any atom is -0.497 e. The summed E-state index contributed by atoms with van der Waals surface area (Å²) in [5, 5.41) is 9.45. The van der Waals surface area contributed by atoms with E-state index in [1.165, 1.54) is 6.07 Å². The van der Waals surface area contributed by atoms with E-state index in [2.05, 4.69) is 27.7 Å². The van der Waals surface area contributed by atoms with Gasteiger partial charge in [0.2, 0.25) is 0 Å². The number of aliphatic hydroxyl groups is 1. The van der Waals surface area contributed by atoms with Crippen LogP contribution in [0.25, 0.3) is 11.1 Å². The van der Waals surface area contributed by atoms with E-state index in [1.54, 1.807) is 19.2 Å². The molecule has 0 spiro atoms. The lowest BCUT2D eigenvalue weighted by molar-refractivity contribution is 0.281. The van der Waals surface area contributed by atoms with Crippen LogP contribution in [-0.2, 0) is 6.61 Å². The maximum Gasteiger partial charge on any atom is 0.131 e. The van der Waals surface area contributed by atoms with Crippen LogP contribution in [0, 0.1) is 11.2 Å². The highest BCUT2D eigenvalue weighted by molar-refractivity contribution is 5.70. The smallest absolute Gasteiger partial charge is 0.131 e. The lowest BCUT2D eigenvalue weighted by Gasteiger charge is -2.30. The van der Waals surface area contributed by atoms with Crippen molar-refractivity contribution in [1.29, 1.82) is 0 Å². The van der Waals surface area contributed by atoms with Crippen LogP contribution in [0.2, 0.25) is 0 Å². The van der Waals surface area contributed by atoms with Crippen molar-refractivity contribution in [2.45, 2.75) is 40.2 Å². The second-order valence-corrected chi connectivity index (χ2v) is 7.01. The Balaban J connectivity index is 2.67. The highest BCUT2D eigenvalue weighted by atomic mass is 19.1. The summed E-state index contributed by atoms with van der Waals surface area (Å²) in [5.74, 6) is 0.557. The first-order valence-electron chi connectivity index (χ1n) is 7.85. The fourth-order valence-electron chi connectivity index (χ4n) is 2.62. The van der Waals surface area contributed by atoms with E-state index in [0.717, 1.165) is 16.7 Å². The van der Waals surface area contributed by atoms with Crippen LogP contribution >= 0.6 is 0 Å². The number of hydrogen-bond acceptors (Lipinski definition) is 2. The predicted molar refractivity (Wildman–Crippen MR) is 92.2 cm³/mol.